The third-order valence-electron chi connectivity index (χ3n) is 5.38. The van der Waals surface area contributed by atoms with Gasteiger partial charge < -0.3 is 9.88 Å². The van der Waals surface area contributed by atoms with E-state index in [1.165, 1.54) is 12.1 Å². The van der Waals surface area contributed by atoms with Crippen LogP contribution in [0.4, 0.5) is 10.1 Å². The number of sulfonamides is 1. The molecule has 32 heavy (non-hydrogen) atoms. The number of Topliss-reactive ketones (excluding diaryl/α,β-unsaturated/α-hetero) is 1. The van der Waals surface area contributed by atoms with E-state index >= 15 is 0 Å². The fourth-order valence-electron chi connectivity index (χ4n) is 3.84. The quantitative estimate of drug-likeness (QED) is 0.449. The van der Waals surface area contributed by atoms with Gasteiger partial charge in [0.2, 0.25) is 15.9 Å². The fraction of sp³-hybridized carbons (Fsp3) is 0.273. The molecule has 3 N–H and O–H groups in total. The average Bonchev–Trinajstić information content (AvgIpc) is 3.30. The molecule has 1 aliphatic rings. The molecule has 0 bridgehead atoms. The summed E-state index contributed by atoms with van der Waals surface area (Å²) in [6.45, 7) is 0.914. The van der Waals surface area contributed by atoms with Crippen LogP contribution in [0.15, 0.2) is 48.7 Å². The number of hydrogen-bond acceptors (Lipinski definition) is 5. The highest BCUT2D eigenvalue weighted by atomic mass is 32.2. The number of aromatic amines is 1. The van der Waals surface area contributed by atoms with E-state index in [4.69, 9.17) is 0 Å². The van der Waals surface area contributed by atoms with Crippen LogP contribution in [0.2, 0.25) is 0 Å². The zero-order chi connectivity index (χ0) is 22.9. The highest BCUT2D eigenvalue weighted by Gasteiger charge is 2.31. The molecule has 1 saturated heterocycles. The summed E-state index contributed by atoms with van der Waals surface area (Å²) in [5.74, 6) is -0.630. The molecular weight excluding hydrogens is 435 g/mol. The van der Waals surface area contributed by atoms with Crippen LogP contribution in [0.3, 0.4) is 0 Å². The lowest BCUT2D eigenvalue weighted by atomic mass is 10.1. The van der Waals surface area contributed by atoms with Crippen molar-refractivity contribution in [1.29, 1.82) is 0 Å². The van der Waals surface area contributed by atoms with E-state index < -0.39 is 16.1 Å². The first-order chi connectivity index (χ1) is 15.2. The van der Waals surface area contributed by atoms with Crippen molar-refractivity contribution in [2.24, 2.45) is 0 Å². The van der Waals surface area contributed by atoms with Crippen molar-refractivity contribution in [3.63, 3.8) is 0 Å². The number of rotatable bonds is 8. The molecule has 0 spiro atoms. The van der Waals surface area contributed by atoms with Gasteiger partial charge in [-0.05, 0) is 42.3 Å². The van der Waals surface area contributed by atoms with Crippen molar-refractivity contribution < 1.29 is 22.4 Å². The predicted octanol–water partition coefficient (Wildman–Crippen LogP) is 2.25. The molecule has 8 nitrogen and oxygen atoms in total. The molecule has 2 aromatic carbocycles. The van der Waals surface area contributed by atoms with Gasteiger partial charge in [0.05, 0.1) is 18.8 Å². The number of anilines is 1. The van der Waals surface area contributed by atoms with E-state index in [2.05, 4.69) is 15.0 Å². The van der Waals surface area contributed by atoms with Gasteiger partial charge in [-0.1, -0.05) is 12.1 Å². The van der Waals surface area contributed by atoms with E-state index in [1.807, 2.05) is 0 Å². The largest absolute Gasteiger partial charge is 0.360 e. The van der Waals surface area contributed by atoms with Crippen molar-refractivity contribution in [2.75, 3.05) is 24.1 Å². The second-order valence-electron chi connectivity index (χ2n) is 7.87. The minimum atomic E-state index is -3.44. The number of H-pyrrole nitrogens is 1. The number of aromatic nitrogens is 1. The molecule has 1 aliphatic heterocycles. The van der Waals surface area contributed by atoms with Crippen molar-refractivity contribution in [1.82, 2.24) is 15.2 Å². The van der Waals surface area contributed by atoms with Crippen molar-refractivity contribution in [2.45, 2.75) is 19.0 Å². The molecule has 2 heterocycles. The average molecular weight is 459 g/mol. The van der Waals surface area contributed by atoms with Gasteiger partial charge in [0.15, 0.2) is 5.78 Å². The molecule has 0 aliphatic carbocycles. The summed E-state index contributed by atoms with van der Waals surface area (Å²) in [5.41, 5.74) is 2.32. The fourth-order valence-corrected chi connectivity index (χ4v) is 4.39. The summed E-state index contributed by atoms with van der Waals surface area (Å²) < 4.78 is 38.4. The van der Waals surface area contributed by atoms with Crippen molar-refractivity contribution >= 4 is 38.3 Å². The van der Waals surface area contributed by atoms with Crippen LogP contribution >= 0.6 is 0 Å². The summed E-state index contributed by atoms with van der Waals surface area (Å²) in [6.07, 6.45) is 3.21. The zero-order valence-electron chi connectivity index (χ0n) is 17.4. The molecule has 1 fully saturated rings. The predicted molar refractivity (Wildman–Crippen MR) is 119 cm³/mol. The van der Waals surface area contributed by atoms with Crippen LogP contribution in [0, 0.1) is 5.82 Å². The second-order valence-corrected chi connectivity index (χ2v) is 9.62. The number of benzene rings is 2. The number of hydrogen-bond donors (Lipinski definition) is 3. The standard InChI is InChI=1S/C22H23FN4O4S/c1-32(30,31)26-16-6-7-19-17(10-16)18(11-24-19)21(28)12-25-20-8-9-27(22(20)29)13-14-2-4-15(23)5-3-14/h2-7,10-11,20,24-26H,8-9,12-13H2,1H3. The molecule has 3 aromatic rings. The highest BCUT2D eigenvalue weighted by molar-refractivity contribution is 7.92. The Balaban J connectivity index is 1.39. The first-order valence-corrected chi connectivity index (χ1v) is 12.0. The Kier molecular flexibility index (Phi) is 5.98. The van der Waals surface area contributed by atoms with E-state index in [0.29, 0.717) is 41.7 Å². The lowest BCUT2D eigenvalue weighted by molar-refractivity contribution is -0.129. The summed E-state index contributed by atoms with van der Waals surface area (Å²) in [7, 11) is -3.44. The number of amides is 1. The van der Waals surface area contributed by atoms with Gasteiger partial charge in [0.25, 0.3) is 0 Å². The number of carbonyl (C=O) groups is 2. The normalized spacial score (nSPS) is 16.6. The summed E-state index contributed by atoms with van der Waals surface area (Å²) >= 11 is 0. The topological polar surface area (TPSA) is 111 Å². The van der Waals surface area contributed by atoms with Crippen molar-refractivity contribution in [3.05, 3.63) is 65.6 Å². The monoisotopic (exact) mass is 458 g/mol. The highest BCUT2D eigenvalue weighted by Crippen LogP contribution is 2.23. The number of ketones is 1. The van der Waals surface area contributed by atoms with Crippen LogP contribution < -0.4 is 10.0 Å². The van der Waals surface area contributed by atoms with Gasteiger partial charge in [-0.3, -0.25) is 19.6 Å². The number of fused-ring (bicyclic) bond motifs is 1. The SMILES string of the molecule is CS(=O)(=O)Nc1ccc2[nH]cc(C(=O)CNC3CCN(Cc4ccc(F)cc4)C3=O)c2c1. The Labute approximate surface area is 184 Å². The van der Waals surface area contributed by atoms with Crippen LogP contribution in [0.5, 0.6) is 0 Å². The molecule has 10 heteroatoms. The molecule has 1 atom stereocenters. The Morgan fingerprint density at radius 2 is 1.97 bits per heavy atom. The van der Waals surface area contributed by atoms with E-state index in [1.54, 1.807) is 41.4 Å². The summed E-state index contributed by atoms with van der Waals surface area (Å²) in [5, 5.41) is 3.63. The van der Waals surface area contributed by atoms with E-state index in [-0.39, 0.29) is 24.1 Å². The first kappa shape index (κ1) is 22.0. The van der Waals surface area contributed by atoms with E-state index in [9.17, 15) is 22.4 Å². The maximum atomic E-state index is 13.1. The molecule has 1 aromatic heterocycles. The number of halogens is 1. The number of carbonyl (C=O) groups excluding carboxylic acids is 2. The molecule has 0 radical (unpaired) electrons. The maximum Gasteiger partial charge on any atom is 0.240 e. The van der Waals surface area contributed by atoms with Gasteiger partial charge in [0, 0.05) is 41.4 Å². The molecule has 1 unspecified atom stereocenters. The van der Waals surface area contributed by atoms with Crippen LogP contribution in [0.1, 0.15) is 22.3 Å². The summed E-state index contributed by atoms with van der Waals surface area (Å²) in [4.78, 5) is 30.2. The second kappa shape index (κ2) is 8.71. The lowest BCUT2D eigenvalue weighted by Gasteiger charge is -2.17. The molecule has 0 saturated carbocycles. The van der Waals surface area contributed by atoms with E-state index in [0.717, 1.165) is 11.8 Å². The molecular formula is C22H23FN4O4S. The smallest absolute Gasteiger partial charge is 0.240 e. The van der Waals surface area contributed by atoms with Gasteiger partial charge in [-0.2, -0.15) is 0 Å². The number of likely N-dealkylation sites (tertiary alicyclic amines) is 1. The van der Waals surface area contributed by atoms with Gasteiger partial charge in [-0.15, -0.1) is 0 Å². The molecule has 1 amide bonds. The third-order valence-corrected chi connectivity index (χ3v) is 5.99. The molecule has 168 valence electrons. The van der Waals surface area contributed by atoms with Gasteiger partial charge >= 0.3 is 0 Å². The minimum absolute atomic E-state index is 0.0303. The lowest BCUT2D eigenvalue weighted by Crippen LogP contribution is -2.40. The summed E-state index contributed by atoms with van der Waals surface area (Å²) in [6, 6.07) is 10.5. The van der Waals surface area contributed by atoms with Gasteiger partial charge in [0.1, 0.15) is 5.82 Å². The van der Waals surface area contributed by atoms with Gasteiger partial charge in [-0.25, -0.2) is 12.8 Å². The third kappa shape index (κ3) is 4.97. The minimum Gasteiger partial charge on any atom is -0.360 e. The first-order valence-electron chi connectivity index (χ1n) is 10.1. The van der Waals surface area contributed by atoms with Crippen molar-refractivity contribution in [3.8, 4) is 0 Å². The maximum absolute atomic E-state index is 13.1. The molecule has 4 rings (SSSR count). The van der Waals surface area contributed by atoms with Crippen LogP contribution in [-0.4, -0.2) is 55.4 Å². The Morgan fingerprint density at radius 3 is 2.69 bits per heavy atom. The van der Waals surface area contributed by atoms with Crippen LogP contribution in [0.25, 0.3) is 10.9 Å². The Hall–Kier alpha value is -3.24. The van der Waals surface area contributed by atoms with Crippen LogP contribution in [-0.2, 0) is 21.4 Å². The Morgan fingerprint density at radius 1 is 1.22 bits per heavy atom. The number of nitrogens with one attached hydrogen (secondary N) is 3. The number of nitrogens with zero attached hydrogens (tertiary/aromatic N) is 1. The zero-order valence-corrected chi connectivity index (χ0v) is 18.2. The Bertz CT molecular complexity index is 1270.